The molecule has 0 N–H and O–H groups in total. The van der Waals surface area contributed by atoms with Gasteiger partial charge in [0.1, 0.15) is 0 Å². The number of benzene rings is 1. The molecule has 3 nitrogen and oxygen atoms in total. The topological polar surface area (TPSA) is 42.9 Å². The number of hydrogen-bond acceptors (Lipinski definition) is 3. The fraction of sp³-hybridized carbons (Fsp3) is 0.214. The van der Waals surface area contributed by atoms with Gasteiger partial charge in [0.2, 0.25) is 0 Å². The molecule has 0 saturated carbocycles. The highest BCUT2D eigenvalue weighted by Crippen LogP contribution is 2.16. The molecule has 0 bridgehead atoms. The van der Waals surface area contributed by atoms with E-state index in [-0.39, 0.29) is 0 Å². The predicted octanol–water partition coefficient (Wildman–Crippen LogP) is 3.48. The van der Waals surface area contributed by atoms with E-state index in [1.165, 1.54) is 0 Å². The van der Waals surface area contributed by atoms with Gasteiger partial charge in [0, 0.05) is 23.5 Å². The normalized spacial score (nSPS) is 10.3. The molecule has 0 aliphatic rings. The van der Waals surface area contributed by atoms with Crippen molar-refractivity contribution >= 4 is 16.8 Å². The number of carbonyl (C=O) groups excluding carboxylic acids is 1. The summed E-state index contributed by atoms with van der Waals surface area (Å²) in [4.78, 5) is 19.6. The summed E-state index contributed by atoms with van der Waals surface area (Å²) in [6.45, 7) is 2.12. The van der Waals surface area contributed by atoms with Crippen LogP contribution in [0.4, 0.5) is 0 Å². The van der Waals surface area contributed by atoms with Crippen molar-refractivity contribution in [1.29, 1.82) is 0 Å². The molecule has 4 heteroatoms. The SMILES string of the molecule is CCCc1cnc(-c2ccc(C(=O)Cl)cc2)nc1. The molecule has 0 atom stereocenters. The first-order valence-electron chi connectivity index (χ1n) is 5.82. The number of halogens is 1. The number of hydrogen-bond donors (Lipinski definition) is 0. The zero-order valence-corrected chi connectivity index (χ0v) is 10.8. The molecule has 0 unspecified atom stereocenters. The zero-order valence-electron chi connectivity index (χ0n) is 10.1. The van der Waals surface area contributed by atoms with E-state index in [4.69, 9.17) is 11.6 Å². The highest BCUT2D eigenvalue weighted by atomic mass is 35.5. The van der Waals surface area contributed by atoms with Gasteiger partial charge in [-0.3, -0.25) is 4.79 Å². The van der Waals surface area contributed by atoms with Crippen LogP contribution < -0.4 is 0 Å². The number of rotatable bonds is 4. The van der Waals surface area contributed by atoms with Gasteiger partial charge in [-0.15, -0.1) is 0 Å². The predicted molar refractivity (Wildman–Crippen MR) is 71.6 cm³/mol. The monoisotopic (exact) mass is 260 g/mol. The van der Waals surface area contributed by atoms with Crippen LogP contribution in [-0.2, 0) is 6.42 Å². The standard InChI is InChI=1S/C14H13ClN2O/c1-2-3-10-8-16-14(17-9-10)12-6-4-11(5-7-12)13(15)18/h4-9H,2-3H2,1H3. The number of aromatic nitrogens is 2. The Hall–Kier alpha value is -1.74. The number of aryl methyl sites for hydroxylation is 1. The van der Waals surface area contributed by atoms with Crippen LogP contribution in [-0.4, -0.2) is 15.2 Å². The lowest BCUT2D eigenvalue weighted by Gasteiger charge is -2.02. The molecule has 1 heterocycles. The van der Waals surface area contributed by atoms with Gasteiger partial charge in [-0.05, 0) is 35.7 Å². The summed E-state index contributed by atoms with van der Waals surface area (Å²) in [6, 6.07) is 6.94. The van der Waals surface area contributed by atoms with Crippen LogP contribution in [0.2, 0.25) is 0 Å². The van der Waals surface area contributed by atoms with Gasteiger partial charge in [0.15, 0.2) is 5.82 Å². The summed E-state index contributed by atoms with van der Waals surface area (Å²) in [5.41, 5.74) is 2.48. The Morgan fingerprint density at radius 3 is 2.28 bits per heavy atom. The maximum absolute atomic E-state index is 10.9. The van der Waals surface area contributed by atoms with Crippen molar-refractivity contribution in [3.63, 3.8) is 0 Å². The summed E-state index contributed by atoms with van der Waals surface area (Å²) in [7, 11) is 0. The summed E-state index contributed by atoms with van der Waals surface area (Å²) in [6.07, 6.45) is 5.74. The van der Waals surface area contributed by atoms with Crippen molar-refractivity contribution in [3.05, 3.63) is 47.8 Å². The third-order valence-electron chi connectivity index (χ3n) is 2.61. The molecule has 1 aromatic heterocycles. The van der Waals surface area contributed by atoms with Crippen molar-refractivity contribution in [1.82, 2.24) is 9.97 Å². The molecule has 18 heavy (non-hydrogen) atoms. The Labute approximate surface area is 111 Å². The van der Waals surface area contributed by atoms with Gasteiger partial charge >= 0.3 is 0 Å². The first-order chi connectivity index (χ1) is 8.70. The van der Waals surface area contributed by atoms with Gasteiger partial charge in [-0.2, -0.15) is 0 Å². The molecular weight excluding hydrogens is 248 g/mol. The van der Waals surface area contributed by atoms with E-state index < -0.39 is 5.24 Å². The maximum atomic E-state index is 10.9. The Morgan fingerprint density at radius 1 is 1.17 bits per heavy atom. The van der Waals surface area contributed by atoms with E-state index in [9.17, 15) is 4.79 Å². The van der Waals surface area contributed by atoms with Gasteiger partial charge < -0.3 is 0 Å². The van der Waals surface area contributed by atoms with Crippen molar-refractivity contribution in [3.8, 4) is 11.4 Å². The lowest BCUT2D eigenvalue weighted by atomic mass is 10.1. The van der Waals surface area contributed by atoms with E-state index >= 15 is 0 Å². The second-order valence-electron chi connectivity index (χ2n) is 4.02. The van der Waals surface area contributed by atoms with E-state index in [2.05, 4.69) is 16.9 Å². The van der Waals surface area contributed by atoms with E-state index in [0.29, 0.717) is 11.4 Å². The molecule has 92 valence electrons. The highest BCUT2D eigenvalue weighted by Gasteiger charge is 2.04. The lowest BCUT2D eigenvalue weighted by Crippen LogP contribution is -1.93. The van der Waals surface area contributed by atoms with E-state index in [1.54, 1.807) is 24.3 Å². The van der Waals surface area contributed by atoms with Crippen molar-refractivity contribution in [2.45, 2.75) is 19.8 Å². The average Bonchev–Trinajstić information content (AvgIpc) is 2.40. The Balaban J connectivity index is 2.23. The quantitative estimate of drug-likeness (QED) is 0.791. The van der Waals surface area contributed by atoms with Gasteiger partial charge in [-0.1, -0.05) is 25.5 Å². The third-order valence-corrected chi connectivity index (χ3v) is 2.83. The van der Waals surface area contributed by atoms with Crippen LogP contribution in [0.5, 0.6) is 0 Å². The van der Waals surface area contributed by atoms with Crippen LogP contribution >= 0.6 is 11.6 Å². The van der Waals surface area contributed by atoms with Crippen LogP contribution in [0, 0.1) is 0 Å². The zero-order chi connectivity index (χ0) is 13.0. The molecule has 1 aromatic carbocycles. The average molecular weight is 261 g/mol. The summed E-state index contributed by atoms with van der Waals surface area (Å²) in [5.74, 6) is 0.656. The highest BCUT2D eigenvalue weighted by molar-refractivity contribution is 6.67. The Morgan fingerprint density at radius 2 is 1.78 bits per heavy atom. The first kappa shape index (κ1) is 12.7. The molecule has 0 saturated heterocycles. The van der Waals surface area contributed by atoms with Gasteiger partial charge in [0.05, 0.1) is 0 Å². The van der Waals surface area contributed by atoms with E-state index in [0.717, 1.165) is 24.0 Å². The molecule has 0 aliphatic carbocycles. The van der Waals surface area contributed by atoms with Crippen LogP contribution in [0.15, 0.2) is 36.7 Å². The van der Waals surface area contributed by atoms with Crippen LogP contribution in [0.25, 0.3) is 11.4 Å². The largest absolute Gasteiger partial charge is 0.276 e. The summed E-state index contributed by atoms with van der Waals surface area (Å²) >= 11 is 5.39. The molecule has 0 spiro atoms. The molecule has 0 amide bonds. The number of nitrogens with zero attached hydrogens (tertiary/aromatic N) is 2. The minimum absolute atomic E-state index is 0.458. The molecular formula is C14H13ClN2O. The summed E-state index contributed by atoms with van der Waals surface area (Å²) < 4.78 is 0. The minimum atomic E-state index is -0.458. The summed E-state index contributed by atoms with van der Waals surface area (Å²) in [5, 5.41) is -0.458. The molecule has 0 aliphatic heterocycles. The lowest BCUT2D eigenvalue weighted by molar-refractivity contribution is 0.108. The number of carbonyl (C=O) groups is 1. The fourth-order valence-electron chi connectivity index (χ4n) is 1.67. The molecule has 0 radical (unpaired) electrons. The minimum Gasteiger partial charge on any atom is -0.276 e. The second kappa shape index (κ2) is 5.74. The van der Waals surface area contributed by atoms with Crippen LogP contribution in [0.1, 0.15) is 29.3 Å². The third kappa shape index (κ3) is 2.93. The van der Waals surface area contributed by atoms with E-state index in [1.807, 2.05) is 12.4 Å². The van der Waals surface area contributed by atoms with Crippen molar-refractivity contribution in [2.75, 3.05) is 0 Å². The fourth-order valence-corrected chi connectivity index (χ4v) is 1.80. The maximum Gasteiger partial charge on any atom is 0.252 e. The Bertz CT molecular complexity index is 535. The molecule has 0 fully saturated rings. The second-order valence-corrected chi connectivity index (χ2v) is 4.36. The smallest absolute Gasteiger partial charge is 0.252 e. The molecule has 2 aromatic rings. The Kier molecular flexibility index (Phi) is 4.05. The van der Waals surface area contributed by atoms with Crippen LogP contribution in [0.3, 0.4) is 0 Å². The van der Waals surface area contributed by atoms with Gasteiger partial charge in [0.25, 0.3) is 5.24 Å². The first-order valence-corrected chi connectivity index (χ1v) is 6.19. The van der Waals surface area contributed by atoms with Crippen molar-refractivity contribution < 1.29 is 4.79 Å². The van der Waals surface area contributed by atoms with Crippen molar-refractivity contribution in [2.24, 2.45) is 0 Å². The molecule has 2 rings (SSSR count). The van der Waals surface area contributed by atoms with Gasteiger partial charge in [-0.25, -0.2) is 9.97 Å².